The van der Waals surface area contributed by atoms with Gasteiger partial charge in [0, 0.05) is 12.1 Å². The zero-order valence-electron chi connectivity index (χ0n) is 13.0. The topological polar surface area (TPSA) is 29.5 Å². The molecule has 0 unspecified atom stereocenters. The van der Waals surface area contributed by atoms with Crippen molar-refractivity contribution in [3.63, 3.8) is 0 Å². The van der Waals surface area contributed by atoms with E-state index in [0.29, 0.717) is 6.61 Å². The summed E-state index contributed by atoms with van der Waals surface area (Å²) in [6.07, 6.45) is 8.01. The summed E-state index contributed by atoms with van der Waals surface area (Å²) in [5.41, 5.74) is 0.163. The van der Waals surface area contributed by atoms with E-state index in [2.05, 4.69) is 4.67 Å². The van der Waals surface area contributed by atoms with E-state index in [9.17, 15) is 4.57 Å². The Morgan fingerprint density at radius 2 is 1.59 bits per heavy atom. The predicted octanol–water partition coefficient (Wildman–Crippen LogP) is 3.81. The van der Waals surface area contributed by atoms with Crippen LogP contribution in [0.4, 0.5) is 0 Å². The van der Waals surface area contributed by atoms with Crippen LogP contribution in [0, 0.1) is 17.8 Å². The molecule has 4 bridgehead atoms. The lowest BCUT2D eigenvalue weighted by Gasteiger charge is -2.60. The molecule has 1 heterocycles. The van der Waals surface area contributed by atoms with Crippen molar-refractivity contribution in [3.05, 3.63) is 30.3 Å². The van der Waals surface area contributed by atoms with Crippen LogP contribution in [0.1, 0.15) is 38.5 Å². The van der Waals surface area contributed by atoms with Crippen LogP contribution < -0.4 is 5.30 Å². The molecule has 0 radical (unpaired) electrons. The summed E-state index contributed by atoms with van der Waals surface area (Å²) in [6, 6.07) is 9.92. The summed E-state index contributed by atoms with van der Waals surface area (Å²) in [5.74, 6) is 2.61. The number of rotatable bonds is 2. The van der Waals surface area contributed by atoms with Crippen molar-refractivity contribution >= 4 is 12.8 Å². The molecular weight excluding hydrogens is 293 g/mol. The fraction of sp³-hybridized carbons (Fsp3) is 0.667. The Bertz CT molecular complexity index is 594. The van der Waals surface area contributed by atoms with Crippen molar-refractivity contribution in [3.8, 4) is 0 Å². The first-order chi connectivity index (χ1) is 10.7. The molecule has 3 nitrogen and oxygen atoms in total. The summed E-state index contributed by atoms with van der Waals surface area (Å²) in [5, 5.41) is 0.892. The van der Waals surface area contributed by atoms with Crippen molar-refractivity contribution in [2.45, 2.75) is 44.1 Å². The zero-order valence-corrected chi connectivity index (χ0v) is 13.9. The quantitative estimate of drug-likeness (QED) is 0.777. The molecule has 6 rings (SSSR count). The highest BCUT2D eigenvalue weighted by Gasteiger charge is 2.59. The Balaban J connectivity index is 1.56. The van der Waals surface area contributed by atoms with Gasteiger partial charge in [0.25, 0.3) is 0 Å². The Hall–Kier alpha value is -0.630. The van der Waals surface area contributed by atoms with E-state index < -0.39 is 7.52 Å². The Morgan fingerprint density at radius 1 is 1.00 bits per heavy atom. The van der Waals surface area contributed by atoms with Gasteiger partial charge in [0.1, 0.15) is 0 Å². The number of hydrogen-bond acceptors (Lipinski definition) is 2. The fourth-order valence-electron chi connectivity index (χ4n) is 6.18. The lowest BCUT2D eigenvalue weighted by molar-refractivity contribution is -0.0540. The fourth-order valence-corrected chi connectivity index (χ4v) is 8.77. The second kappa shape index (κ2) is 4.69. The van der Waals surface area contributed by atoms with Gasteiger partial charge in [-0.3, -0.25) is 4.57 Å². The molecule has 4 aliphatic carbocycles. The van der Waals surface area contributed by atoms with Crippen LogP contribution in [0.3, 0.4) is 0 Å². The molecule has 5 aliphatic rings. The maximum Gasteiger partial charge on any atom is 0.302 e. The second-order valence-electron chi connectivity index (χ2n) is 7.95. The van der Waals surface area contributed by atoms with E-state index in [-0.39, 0.29) is 5.54 Å². The normalized spacial score (nSPS) is 47.2. The molecule has 1 aromatic rings. The van der Waals surface area contributed by atoms with Gasteiger partial charge in [0.15, 0.2) is 0 Å². The second-order valence-corrected chi connectivity index (χ2v) is 10.3. The first-order valence-electron chi connectivity index (χ1n) is 8.76. The van der Waals surface area contributed by atoms with E-state index in [1.54, 1.807) is 0 Å². The van der Waals surface area contributed by atoms with Gasteiger partial charge in [0.2, 0.25) is 0 Å². The lowest BCUT2D eigenvalue weighted by atomic mass is 9.53. The van der Waals surface area contributed by atoms with Gasteiger partial charge in [-0.15, -0.1) is 0 Å². The molecular formula is C18H24NO2P. The van der Waals surface area contributed by atoms with Gasteiger partial charge in [0.05, 0.1) is 11.9 Å². The molecule has 0 aromatic heterocycles. The molecule has 0 amide bonds. The van der Waals surface area contributed by atoms with Crippen LogP contribution in [0.5, 0.6) is 0 Å². The molecule has 0 N–H and O–H groups in total. The summed E-state index contributed by atoms with van der Waals surface area (Å²) < 4.78 is 22.0. The monoisotopic (exact) mass is 317 g/mol. The van der Waals surface area contributed by atoms with Gasteiger partial charge >= 0.3 is 7.52 Å². The molecule has 1 saturated heterocycles. The highest BCUT2D eigenvalue weighted by atomic mass is 31.2. The smallest absolute Gasteiger partial charge is 0.302 e. The molecule has 22 heavy (non-hydrogen) atoms. The molecule has 5 fully saturated rings. The summed E-state index contributed by atoms with van der Waals surface area (Å²) in [7, 11) is -2.85. The van der Waals surface area contributed by atoms with Gasteiger partial charge < -0.3 is 4.52 Å². The first kappa shape index (κ1) is 13.8. The highest BCUT2D eigenvalue weighted by molar-refractivity contribution is 7.64. The van der Waals surface area contributed by atoms with Crippen molar-refractivity contribution in [2.24, 2.45) is 17.8 Å². The molecule has 1 atom stereocenters. The molecule has 118 valence electrons. The van der Waals surface area contributed by atoms with Crippen molar-refractivity contribution in [1.29, 1.82) is 0 Å². The molecule has 4 heteroatoms. The van der Waals surface area contributed by atoms with Gasteiger partial charge in [-0.25, -0.2) is 4.67 Å². The number of hydrogen-bond donors (Lipinski definition) is 0. The maximum atomic E-state index is 13.8. The Labute approximate surface area is 132 Å². The van der Waals surface area contributed by atoms with Crippen molar-refractivity contribution in [1.82, 2.24) is 4.67 Å². The zero-order chi connectivity index (χ0) is 14.8. The molecule has 1 aliphatic heterocycles. The third kappa shape index (κ3) is 1.85. The summed E-state index contributed by atoms with van der Waals surface area (Å²) >= 11 is 0. The minimum absolute atomic E-state index is 0.163. The predicted molar refractivity (Wildman–Crippen MR) is 87.2 cm³/mol. The largest absolute Gasteiger partial charge is 0.313 e. The number of benzene rings is 1. The average Bonchev–Trinajstić information content (AvgIpc) is 2.91. The van der Waals surface area contributed by atoms with Gasteiger partial charge in [-0.2, -0.15) is 0 Å². The van der Waals surface area contributed by atoms with Crippen LogP contribution in [0.15, 0.2) is 30.3 Å². The number of nitrogens with zero attached hydrogens (tertiary/aromatic N) is 1. The van der Waals surface area contributed by atoms with Crippen LogP contribution in [0.2, 0.25) is 0 Å². The van der Waals surface area contributed by atoms with E-state index in [1.807, 2.05) is 30.3 Å². The van der Waals surface area contributed by atoms with Gasteiger partial charge in [-0.1, -0.05) is 18.2 Å². The van der Waals surface area contributed by atoms with E-state index in [1.165, 1.54) is 38.5 Å². The average molecular weight is 317 g/mol. The van der Waals surface area contributed by atoms with Crippen LogP contribution in [-0.4, -0.2) is 23.4 Å². The first-order valence-corrected chi connectivity index (χ1v) is 10.3. The SMILES string of the molecule is O=[P@@]1(c2ccccc2)OCCN1C12CC3CC(CC(C3)C1)C2. The van der Waals surface area contributed by atoms with Crippen LogP contribution in [0.25, 0.3) is 0 Å². The van der Waals surface area contributed by atoms with Gasteiger partial charge in [-0.05, 0) is 68.4 Å². The Morgan fingerprint density at radius 3 is 2.18 bits per heavy atom. The minimum Gasteiger partial charge on any atom is -0.313 e. The molecule has 0 spiro atoms. The highest BCUT2D eigenvalue weighted by Crippen LogP contribution is 2.66. The Kier molecular flexibility index (Phi) is 2.94. The third-order valence-electron chi connectivity index (χ3n) is 6.52. The van der Waals surface area contributed by atoms with E-state index >= 15 is 0 Å². The summed E-state index contributed by atoms with van der Waals surface area (Å²) in [4.78, 5) is 0. The minimum atomic E-state index is -2.85. The molecule has 4 saturated carbocycles. The van der Waals surface area contributed by atoms with E-state index in [0.717, 1.165) is 29.6 Å². The standard InChI is InChI=1S/C18H24NO2P/c20-22(17-4-2-1-3-5-17)19(6-7-21-22)18-11-14-8-15(12-18)10-16(9-14)13-18/h1-5,14-16H,6-13H2/t14?,15?,16?,18?,22-/m0/s1. The van der Waals surface area contributed by atoms with Crippen molar-refractivity contribution in [2.75, 3.05) is 13.2 Å². The third-order valence-corrected chi connectivity index (χ3v) is 9.27. The molecule has 1 aromatic carbocycles. The van der Waals surface area contributed by atoms with E-state index in [4.69, 9.17) is 4.52 Å². The maximum absolute atomic E-state index is 13.8. The van der Waals surface area contributed by atoms with Crippen LogP contribution >= 0.6 is 7.52 Å². The van der Waals surface area contributed by atoms with Crippen LogP contribution in [-0.2, 0) is 9.09 Å². The van der Waals surface area contributed by atoms with Crippen molar-refractivity contribution < 1.29 is 9.09 Å². The lowest BCUT2D eigenvalue weighted by Crippen LogP contribution is -2.58. The summed E-state index contributed by atoms with van der Waals surface area (Å²) in [6.45, 7) is 1.46.